The number of pyridine rings is 2. The van der Waals surface area contributed by atoms with Crippen LogP contribution in [0.3, 0.4) is 0 Å². The van der Waals surface area contributed by atoms with E-state index in [1.807, 2.05) is 30.6 Å². The Hall–Kier alpha value is -1.78. The summed E-state index contributed by atoms with van der Waals surface area (Å²) < 4.78 is 0. The number of nitrogens with two attached hydrogens (primary N) is 1. The van der Waals surface area contributed by atoms with Gasteiger partial charge in [-0.15, -0.1) is 0 Å². The highest BCUT2D eigenvalue weighted by Crippen LogP contribution is 2.14. The van der Waals surface area contributed by atoms with Crippen molar-refractivity contribution in [2.75, 3.05) is 6.54 Å². The molecule has 0 amide bonds. The van der Waals surface area contributed by atoms with Gasteiger partial charge in [-0.2, -0.15) is 0 Å². The molecular formula is C18H26N4. The van der Waals surface area contributed by atoms with Gasteiger partial charge in [-0.1, -0.05) is 12.1 Å². The third-order valence-corrected chi connectivity index (χ3v) is 3.90. The summed E-state index contributed by atoms with van der Waals surface area (Å²) in [4.78, 5) is 9.00. The molecule has 0 radical (unpaired) electrons. The highest BCUT2D eigenvalue weighted by atomic mass is 15.0. The van der Waals surface area contributed by atoms with Gasteiger partial charge in [0.1, 0.15) is 0 Å². The van der Waals surface area contributed by atoms with Crippen molar-refractivity contribution in [2.45, 2.75) is 45.7 Å². The van der Waals surface area contributed by atoms with Crippen LogP contribution in [-0.4, -0.2) is 22.6 Å². The predicted molar refractivity (Wildman–Crippen MR) is 90.7 cm³/mol. The molecule has 0 aliphatic carbocycles. The van der Waals surface area contributed by atoms with E-state index in [9.17, 15) is 0 Å². The molecule has 4 heteroatoms. The molecule has 0 fully saturated rings. The Morgan fingerprint density at radius 1 is 1.23 bits per heavy atom. The number of hydrogen-bond donors (Lipinski definition) is 2. The van der Waals surface area contributed by atoms with Crippen LogP contribution < -0.4 is 11.1 Å². The van der Waals surface area contributed by atoms with Crippen molar-refractivity contribution in [3.05, 3.63) is 59.2 Å². The zero-order chi connectivity index (χ0) is 15.9. The zero-order valence-electron chi connectivity index (χ0n) is 13.7. The summed E-state index contributed by atoms with van der Waals surface area (Å²) in [7, 11) is 0. The molecule has 3 N–H and O–H groups in total. The van der Waals surface area contributed by atoms with E-state index in [1.165, 1.54) is 11.1 Å². The molecule has 0 aliphatic heterocycles. The number of nitrogens with one attached hydrogen (secondary N) is 1. The van der Waals surface area contributed by atoms with Gasteiger partial charge < -0.3 is 11.1 Å². The van der Waals surface area contributed by atoms with Gasteiger partial charge in [-0.3, -0.25) is 9.97 Å². The van der Waals surface area contributed by atoms with Gasteiger partial charge in [-0.05, 0) is 57.0 Å². The number of nitrogens with zero attached hydrogens (tertiary/aromatic N) is 2. The van der Waals surface area contributed by atoms with Gasteiger partial charge in [0, 0.05) is 36.6 Å². The van der Waals surface area contributed by atoms with Crippen LogP contribution in [0.1, 0.15) is 41.9 Å². The lowest BCUT2D eigenvalue weighted by molar-refractivity contribution is 0.423. The Balaban J connectivity index is 2.06. The Kier molecular flexibility index (Phi) is 6.04. The Labute approximate surface area is 133 Å². The van der Waals surface area contributed by atoms with Gasteiger partial charge in [0.15, 0.2) is 0 Å². The fraction of sp³-hybridized carbons (Fsp3) is 0.444. The minimum absolute atomic E-state index is 0.198. The average molecular weight is 298 g/mol. The topological polar surface area (TPSA) is 63.8 Å². The molecule has 22 heavy (non-hydrogen) atoms. The van der Waals surface area contributed by atoms with Crippen molar-refractivity contribution in [1.29, 1.82) is 0 Å². The standard InChI is InChI=1S/C18H26N4/c1-13-10-14(2)18(21-12-13)11-16(7-8-19)22-15(3)17-6-4-5-9-20-17/h4-6,9-10,12,15-16,22H,7-8,11,19H2,1-3H3. The molecule has 0 bridgehead atoms. The molecule has 2 aromatic rings. The fourth-order valence-corrected chi connectivity index (χ4v) is 2.71. The summed E-state index contributed by atoms with van der Waals surface area (Å²) in [6, 6.07) is 8.69. The first-order valence-electron chi connectivity index (χ1n) is 7.89. The van der Waals surface area contributed by atoms with Crippen molar-refractivity contribution >= 4 is 0 Å². The van der Waals surface area contributed by atoms with Crippen LogP contribution in [0.5, 0.6) is 0 Å². The molecule has 2 unspecified atom stereocenters. The van der Waals surface area contributed by atoms with Crippen LogP contribution in [-0.2, 0) is 6.42 Å². The Bertz CT molecular complexity index is 583. The van der Waals surface area contributed by atoms with Crippen molar-refractivity contribution in [3.63, 3.8) is 0 Å². The molecule has 0 aromatic carbocycles. The van der Waals surface area contributed by atoms with Crippen LogP contribution in [0.4, 0.5) is 0 Å². The van der Waals surface area contributed by atoms with Gasteiger partial charge in [0.05, 0.1) is 5.69 Å². The molecular weight excluding hydrogens is 272 g/mol. The summed E-state index contributed by atoms with van der Waals surface area (Å²) in [5.74, 6) is 0. The quantitative estimate of drug-likeness (QED) is 0.825. The monoisotopic (exact) mass is 298 g/mol. The maximum atomic E-state index is 5.78. The summed E-state index contributed by atoms with van der Waals surface area (Å²) >= 11 is 0. The Morgan fingerprint density at radius 3 is 2.68 bits per heavy atom. The van der Waals surface area contributed by atoms with E-state index in [-0.39, 0.29) is 6.04 Å². The molecule has 0 saturated carbocycles. The van der Waals surface area contributed by atoms with Crippen LogP contribution in [0, 0.1) is 13.8 Å². The normalized spacial score (nSPS) is 13.8. The second kappa shape index (κ2) is 8.01. The first kappa shape index (κ1) is 16.6. The molecule has 0 spiro atoms. The second-order valence-electron chi connectivity index (χ2n) is 5.90. The third kappa shape index (κ3) is 4.61. The first-order chi connectivity index (χ1) is 10.6. The lowest BCUT2D eigenvalue weighted by Crippen LogP contribution is -2.36. The molecule has 4 nitrogen and oxygen atoms in total. The lowest BCUT2D eigenvalue weighted by atomic mass is 10.0. The van der Waals surface area contributed by atoms with E-state index in [1.54, 1.807) is 0 Å². The van der Waals surface area contributed by atoms with Crippen molar-refractivity contribution in [2.24, 2.45) is 5.73 Å². The third-order valence-electron chi connectivity index (χ3n) is 3.90. The fourth-order valence-electron chi connectivity index (χ4n) is 2.71. The summed E-state index contributed by atoms with van der Waals surface area (Å²) in [5.41, 5.74) is 10.4. The highest BCUT2D eigenvalue weighted by Gasteiger charge is 2.16. The zero-order valence-corrected chi connectivity index (χ0v) is 13.7. The molecule has 118 valence electrons. The van der Waals surface area contributed by atoms with Gasteiger partial charge >= 0.3 is 0 Å². The van der Waals surface area contributed by atoms with E-state index in [2.05, 4.69) is 42.1 Å². The van der Waals surface area contributed by atoms with Gasteiger partial charge in [-0.25, -0.2) is 0 Å². The second-order valence-corrected chi connectivity index (χ2v) is 5.90. The molecule has 2 rings (SSSR count). The smallest absolute Gasteiger partial charge is 0.0570 e. The van der Waals surface area contributed by atoms with Crippen LogP contribution in [0.15, 0.2) is 36.7 Å². The predicted octanol–water partition coefficient (Wildman–Crippen LogP) is 2.70. The van der Waals surface area contributed by atoms with Crippen molar-refractivity contribution < 1.29 is 0 Å². The number of aromatic nitrogens is 2. The summed E-state index contributed by atoms with van der Waals surface area (Å²) in [5, 5.41) is 3.64. The lowest BCUT2D eigenvalue weighted by Gasteiger charge is -2.23. The molecule has 0 saturated heterocycles. The molecule has 2 atom stereocenters. The average Bonchev–Trinajstić information content (AvgIpc) is 2.51. The maximum absolute atomic E-state index is 5.78. The van der Waals surface area contributed by atoms with E-state index >= 15 is 0 Å². The van der Waals surface area contributed by atoms with Crippen LogP contribution in [0.25, 0.3) is 0 Å². The molecule has 0 aliphatic rings. The molecule has 2 heterocycles. The van der Waals surface area contributed by atoms with Crippen molar-refractivity contribution in [3.8, 4) is 0 Å². The summed E-state index contributed by atoms with van der Waals surface area (Å²) in [6.07, 6.45) is 5.58. The van der Waals surface area contributed by atoms with E-state index in [0.29, 0.717) is 12.6 Å². The van der Waals surface area contributed by atoms with Gasteiger partial charge in [0.25, 0.3) is 0 Å². The van der Waals surface area contributed by atoms with Crippen molar-refractivity contribution in [1.82, 2.24) is 15.3 Å². The summed E-state index contributed by atoms with van der Waals surface area (Å²) in [6.45, 7) is 7.00. The minimum Gasteiger partial charge on any atom is -0.330 e. The van der Waals surface area contributed by atoms with E-state index in [4.69, 9.17) is 5.73 Å². The molecule has 2 aromatic heterocycles. The van der Waals surface area contributed by atoms with Gasteiger partial charge in [0.2, 0.25) is 0 Å². The van der Waals surface area contributed by atoms with Crippen LogP contribution >= 0.6 is 0 Å². The first-order valence-corrected chi connectivity index (χ1v) is 7.89. The highest BCUT2D eigenvalue weighted by molar-refractivity contribution is 5.24. The number of hydrogen-bond acceptors (Lipinski definition) is 4. The van der Waals surface area contributed by atoms with Crippen LogP contribution in [0.2, 0.25) is 0 Å². The number of aryl methyl sites for hydroxylation is 2. The number of rotatable bonds is 7. The maximum Gasteiger partial charge on any atom is 0.0570 e. The Morgan fingerprint density at radius 2 is 2.05 bits per heavy atom. The van der Waals surface area contributed by atoms with E-state index < -0.39 is 0 Å². The minimum atomic E-state index is 0.198. The largest absolute Gasteiger partial charge is 0.330 e. The van der Waals surface area contributed by atoms with E-state index in [0.717, 1.165) is 24.2 Å². The SMILES string of the molecule is Cc1cnc(CC(CCN)NC(C)c2ccccn2)c(C)c1.